The maximum absolute atomic E-state index is 11.1. The first-order chi connectivity index (χ1) is 9.31. The number of unbranched alkanes of at least 4 members (excludes halogenated alkanes) is 9. The van der Waals surface area contributed by atoms with E-state index in [0.29, 0.717) is 12.4 Å². The molecule has 0 aromatic heterocycles. The van der Waals surface area contributed by atoms with Gasteiger partial charge in [-0.15, -0.1) is 0 Å². The monoisotopic (exact) mass is 286 g/mol. The maximum Gasteiger partial charge on any atom is 0.330 e. The van der Waals surface area contributed by atoms with Crippen LogP contribution in [-0.2, 0) is 9.53 Å². The number of esters is 1. The third-order valence-electron chi connectivity index (χ3n) is 3.06. The zero-order valence-corrected chi connectivity index (χ0v) is 13.3. The van der Waals surface area contributed by atoms with Gasteiger partial charge in [-0.2, -0.15) is 12.6 Å². The maximum atomic E-state index is 11.1. The second kappa shape index (κ2) is 15.6. The Morgan fingerprint density at radius 2 is 1.58 bits per heavy atom. The van der Waals surface area contributed by atoms with Gasteiger partial charge in [-0.3, -0.25) is 0 Å². The number of carbonyl (C=O) groups is 1. The fourth-order valence-electron chi connectivity index (χ4n) is 1.95. The van der Waals surface area contributed by atoms with E-state index in [1.54, 1.807) is 0 Å². The lowest BCUT2D eigenvalue weighted by atomic mass is 10.1. The fourth-order valence-corrected chi connectivity index (χ4v) is 2.04. The van der Waals surface area contributed by atoms with Crippen LogP contribution < -0.4 is 0 Å². The van der Waals surface area contributed by atoms with Crippen LogP contribution in [0.5, 0.6) is 0 Å². The van der Waals surface area contributed by atoms with Crippen LogP contribution >= 0.6 is 12.6 Å². The quantitative estimate of drug-likeness (QED) is 0.225. The smallest absolute Gasteiger partial charge is 0.330 e. The first-order valence-electron chi connectivity index (χ1n) is 7.75. The number of hydrogen-bond acceptors (Lipinski definition) is 3. The number of allylic oxidation sites excluding steroid dienone is 1. The molecule has 0 aliphatic rings. The Balaban J connectivity index is 3.17. The minimum atomic E-state index is -0.245. The first kappa shape index (κ1) is 18.6. The second-order valence-electron chi connectivity index (χ2n) is 4.91. The molecular weight excluding hydrogens is 256 g/mol. The third kappa shape index (κ3) is 15.5. The Labute approximate surface area is 124 Å². The summed E-state index contributed by atoms with van der Waals surface area (Å²) in [7, 11) is 0. The van der Waals surface area contributed by atoms with E-state index < -0.39 is 0 Å². The SMILES string of the molecule is CCCCCCCCCCC/C=C/C(=O)OCCS. The van der Waals surface area contributed by atoms with Gasteiger partial charge in [0, 0.05) is 11.8 Å². The van der Waals surface area contributed by atoms with E-state index in [-0.39, 0.29) is 5.97 Å². The van der Waals surface area contributed by atoms with Gasteiger partial charge in [-0.05, 0) is 12.8 Å². The van der Waals surface area contributed by atoms with Crippen molar-refractivity contribution in [3.05, 3.63) is 12.2 Å². The number of thiol groups is 1. The summed E-state index contributed by atoms with van der Waals surface area (Å²) in [6, 6.07) is 0. The Bertz CT molecular complexity index is 227. The van der Waals surface area contributed by atoms with Gasteiger partial charge in [-0.25, -0.2) is 4.79 Å². The van der Waals surface area contributed by atoms with Gasteiger partial charge in [0.25, 0.3) is 0 Å². The molecule has 0 saturated carbocycles. The predicted molar refractivity (Wildman–Crippen MR) is 85.8 cm³/mol. The normalized spacial score (nSPS) is 11.1. The van der Waals surface area contributed by atoms with Crippen molar-refractivity contribution >= 4 is 18.6 Å². The zero-order valence-electron chi connectivity index (χ0n) is 12.4. The highest BCUT2D eigenvalue weighted by Crippen LogP contribution is 2.10. The molecule has 112 valence electrons. The molecule has 0 unspecified atom stereocenters. The van der Waals surface area contributed by atoms with Crippen molar-refractivity contribution in [2.45, 2.75) is 71.1 Å². The van der Waals surface area contributed by atoms with Crippen LogP contribution in [0.15, 0.2) is 12.2 Å². The molecule has 19 heavy (non-hydrogen) atoms. The van der Waals surface area contributed by atoms with Crippen molar-refractivity contribution in [1.29, 1.82) is 0 Å². The minimum absolute atomic E-state index is 0.245. The largest absolute Gasteiger partial charge is 0.462 e. The summed E-state index contributed by atoms with van der Waals surface area (Å²) < 4.78 is 4.88. The molecule has 0 aromatic rings. The summed E-state index contributed by atoms with van der Waals surface area (Å²) in [6.07, 6.45) is 16.4. The number of ether oxygens (including phenoxy) is 1. The number of hydrogen-bond donors (Lipinski definition) is 1. The molecule has 0 rings (SSSR count). The van der Waals surface area contributed by atoms with Gasteiger partial charge in [0.2, 0.25) is 0 Å². The molecule has 0 aliphatic carbocycles. The van der Waals surface area contributed by atoms with Crippen LogP contribution in [0.3, 0.4) is 0 Å². The van der Waals surface area contributed by atoms with E-state index in [0.717, 1.165) is 6.42 Å². The Hall–Kier alpha value is -0.440. The van der Waals surface area contributed by atoms with Gasteiger partial charge >= 0.3 is 5.97 Å². The third-order valence-corrected chi connectivity index (χ3v) is 3.25. The van der Waals surface area contributed by atoms with Gasteiger partial charge in [0.15, 0.2) is 0 Å². The molecular formula is C16H30O2S. The predicted octanol–water partition coefficient (Wildman–Crippen LogP) is 4.94. The van der Waals surface area contributed by atoms with E-state index in [4.69, 9.17) is 4.74 Å². The Kier molecular flexibility index (Phi) is 15.3. The summed E-state index contributed by atoms with van der Waals surface area (Å²) >= 11 is 3.98. The molecule has 0 heterocycles. The van der Waals surface area contributed by atoms with E-state index in [1.165, 1.54) is 63.9 Å². The molecule has 0 fully saturated rings. The van der Waals surface area contributed by atoms with Gasteiger partial charge < -0.3 is 4.74 Å². The van der Waals surface area contributed by atoms with Gasteiger partial charge in [0.1, 0.15) is 6.61 Å². The molecule has 0 N–H and O–H groups in total. The average Bonchev–Trinajstić information content (AvgIpc) is 2.42. The average molecular weight is 286 g/mol. The summed E-state index contributed by atoms with van der Waals surface area (Å²) in [5.74, 6) is 0.336. The molecule has 0 bridgehead atoms. The molecule has 0 amide bonds. The van der Waals surface area contributed by atoms with Crippen LogP contribution in [0, 0.1) is 0 Å². The van der Waals surface area contributed by atoms with Crippen molar-refractivity contribution < 1.29 is 9.53 Å². The lowest BCUT2D eigenvalue weighted by molar-refractivity contribution is -0.137. The highest BCUT2D eigenvalue weighted by atomic mass is 32.1. The highest BCUT2D eigenvalue weighted by Gasteiger charge is 1.94. The molecule has 0 atom stereocenters. The zero-order chi connectivity index (χ0) is 14.2. The molecule has 0 spiro atoms. The van der Waals surface area contributed by atoms with Crippen molar-refractivity contribution in [2.24, 2.45) is 0 Å². The lowest BCUT2D eigenvalue weighted by Crippen LogP contribution is -2.02. The number of rotatable bonds is 13. The topological polar surface area (TPSA) is 26.3 Å². The molecule has 0 aliphatic heterocycles. The van der Waals surface area contributed by atoms with Gasteiger partial charge in [0.05, 0.1) is 0 Å². The highest BCUT2D eigenvalue weighted by molar-refractivity contribution is 7.80. The van der Waals surface area contributed by atoms with Crippen molar-refractivity contribution in [1.82, 2.24) is 0 Å². The standard InChI is InChI=1S/C16H30O2S/c1-2-3-4-5-6-7-8-9-10-11-12-13-16(17)18-14-15-19/h12-13,19H,2-11,14-15H2,1H3/b13-12+. The van der Waals surface area contributed by atoms with E-state index in [9.17, 15) is 4.79 Å². The summed E-state index contributed by atoms with van der Waals surface area (Å²) in [5.41, 5.74) is 0. The van der Waals surface area contributed by atoms with E-state index in [1.807, 2.05) is 6.08 Å². The molecule has 0 saturated heterocycles. The summed E-state index contributed by atoms with van der Waals surface area (Å²) in [5, 5.41) is 0. The Morgan fingerprint density at radius 3 is 2.16 bits per heavy atom. The van der Waals surface area contributed by atoms with Gasteiger partial charge in [-0.1, -0.05) is 64.4 Å². The second-order valence-corrected chi connectivity index (χ2v) is 5.36. The van der Waals surface area contributed by atoms with Crippen LogP contribution in [0.4, 0.5) is 0 Å². The number of carbonyl (C=O) groups excluding carboxylic acids is 1. The summed E-state index contributed by atoms with van der Waals surface area (Å²) in [4.78, 5) is 11.1. The van der Waals surface area contributed by atoms with Crippen molar-refractivity contribution in [2.75, 3.05) is 12.4 Å². The van der Waals surface area contributed by atoms with E-state index in [2.05, 4.69) is 19.6 Å². The van der Waals surface area contributed by atoms with Crippen LogP contribution in [0.2, 0.25) is 0 Å². The van der Waals surface area contributed by atoms with Crippen LogP contribution in [-0.4, -0.2) is 18.3 Å². The minimum Gasteiger partial charge on any atom is -0.462 e. The Morgan fingerprint density at radius 1 is 1.00 bits per heavy atom. The fraction of sp³-hybridized carbons (Fsp3) is 0.812. The molecule has 3 heteroatoms. The molecule has 0 aromatic carbocycles. The molecule has 0 radical (unpaired) electrons. The van der Waals surface area contributed by atoms with Crippen molar-refractivity contribution in [3.63, 3.8) is 0 Å². The van der Waals surface area contributed by atoms with E-state index >= 15 is 0 Å². The van der Waals surface area contributed by atoms with Crippen LogP contribution in [0.25, 0.3) is 0 Å². The van der Waals surface area contributed by atoms with Crippen LogP contribution in [0.1, 0.15) is 71.1 Å². The first-order valence-corrected chi connectivity index (χ1v) is 8.38. The molecule has 2 nitrogen and oxygen atoms in total. The lowest BCUT2D eigenvalue weighted by Gasteiger charge is -2.00. The summed E-state index contributed by atoms with van der Waals surface area (Å²) in [6.45, 7) is 2.64. The van der Waals surface area contributed by atoms with Crippen molar-refractivity contribution in [3.8, 4) is 0 Å².